The summed E-state index contributed by atoms with van der Waals surface area (Å²) < 4.78 is 5.50. The van der Waals surface area contributed by atoms with Gasteiger partial charge in [0.2, 0.25) is 5.78 Å². The number of Topliss-reactive ketones (excluding diaryl/α,β-unsaturated/α-hetero) is 2. The number of nitro groups is 1. The molecule has 0 fully saturated rings. The van der Waals surface area contributed by atoms with Gasteiger partial charge in [0.1, 0.15) is 12.0 Å². The molecule has 0 aliphatic carbocycles. The molecule has 2 atom stereocenters. The highest BCUT2D eigenvalue weighted by molar-refractivity contribution is 6.45. The van der Waals surface area contributed by atoms with Crippen LogP contribution in [0.2, 0.25) is 0 Å². The number of non-ortho nitro benzene ring substituents is 1. The van der Waals surface area contributed by atoms with Crippen molar-refractivity contribution in [1.82, 2.24) is 0 Å². The third-order valence-corrected chi connectivity index (χ3v) is 6.40. The zero-order valence-electron chi connectivity index (χ0n) is 20.3. The van der Waals surface area contributed by atoms with Crippen molar-refractivity contribution in [2.45, 2.75) is 6.10 Å². The van der Waals surface area contributed by atoms with Crippen molar-refractivity contribution in [3.05, 3.63) is 130 Å². The summed E-state index contributed by atoms with van der Waals surface area (Å²) in [7, 11) is 0. The summed E-state index contributed by atoms with van der Waals surface area (Å²) in [6, 6.07) is 27.1. The Morgan fingerprint density at radius 3 is 2.23 bits per heavy atom. The number of rotatable bonds is 8. The standard InChI is InChI=1S/C30H20N2O7/c33-26(22-14-5-4-13-21(22)18-9-2-1-3-10-18)25(28-23-15-6-7-16-24(23)30(36)39-28)27(34)29(35)31-19-11-8-12-20(17-19)32(37)38/h1-17,25,28H,(H,31,35)/t25-,28+/m1/s1. The van der Waals surface area contributed by atoms with Crippen molar-refractivity contribution < 1.29 is 28.8 Å². The van der Waals surface area contributed by atoms with Gasteiger partial charge in [0.05, 0.1) is 10.5 Å². The SMILES string of the molecule is O=C(Nc1cccc([N+](=O)[O-])c1)C(=O)[C@@H](C(=O)c1ccccc1-c1ccccc1)[C@H]1OC(=O)c2ccccc21. The number of ketones is 2. The quantitative estimate of drug-likeness (QED) is 0.0845. The largest absolute Gasteiger partial charge is 0.453 e. The van der Waals surface area contributed by atoms with Gasteiger partial charge in [-0.3, -0.25) is 24.5 Å². The van der Waals surface area contributed by atoms with Gasteiger partial charge in [0, 0.05) is 28.9 Å². The highest BCUT2D eigenvalue weighted by Gasteiger charge is 2.46. The van der Waals surface area contributed by atoms with E-state index in [4.69, 9.17) is 4.74 Å². The Bertz CT molecular complexity index is 1630. The lowest BCUT2D eigenvalue weighted by molar-refractivity contribution is -0.384. The van der Waals surface area contributed by atoms with Crippen molar-refractivity contribution in [1.29, 1.82) is 0 Å². The summed E-state index contributed by atoms with van der Waals surface area (Å²) in [5.74, 6) is -5.45. The molecule has 5 rings (SSSR count). The minimum Gasteiger partial charge on any atom is -0.453 e. The second-order valence-corrected chi connectivity index (χ2v) is 8.79. The Hall–Kier alpha value is -5.44. The van der Waals surface area contributed by atoms with Crippen molar-refractivity contribution in [2.75, 3.05) is 5.32 Å². The summed E-state index contributed by atoms with van der Waals surface area (Å²) in [5.41, 5.74) is 1.66. The van der Waals surface area contributed by atoms with E-state index >= 15 is 0 Å². The second-order valence-electron chi connectivity index (χ2n) is 8.79. The molecular formula is C30H20N2O7. The van der Waals surface area contributed by atoms with E-state index in [1.54, 1.807) is 54.6 Å². The van der Waals surface area contributed by atoms with E-state index in [1.807, 2.05) is 18.2 Å². The molecule has 1 amide bonds. The maximum absolute atomic E-state index is 14.1. The molecule has 4 aromatic carbocycles. The number of nitrogens with one attached hydrogen (secondary N) is 1. The van der Waals surface area contributed by atoms with Crippen LogP contribution in [0.1, 0.15) is 32.4 Å². The average Bonchev–Trinajstić information content (AvgIpc) is 3.29. The van der Waals surface area contributed by atoms with Crippen molar-refractivity contribution >= 4 is 34.8 Å². The Morgan fingerprint density at radius 2 is 1.49 bits per heavy atom. The monoisotopic (exact) mass is 520 g/mol. The minimum atomic E-state index is -1.71. The van der Waals surface area contributed by atoms with Crippen molar-refractivity contribution in [2.24, 2.45) is 5.92 Å². The van der Waals surface area contributed by atoms with E-state index in [1.165, 1.54) is 24.3 Å². The van der Waals surface area contributed by atoms with Crippen LogP contribution in [0.3, 0.4) is 0 Å². The third-order valence-electron chi connectivity index (χ3n) is 6.40. The van der Waals surface area contributed by atoms with E-state index in [2.05, 4.69) is 5.32 Å². The number of hydrogen-bond donors (Lipinski definition) is 1. The predicted molar refractivity (Wildman–Crippen MR) is 141 cm³/mol. The number of carbonyl (C=O) groups is 4. The Labute approximate surface area is 222 Å². The minimum absolute atomic E-state index is 0.00208. The molecule has 1 aliphatic rings. The topological polar surface area (TPSA) is 133 Å². The van der Waals surface area contributed by atoms with Gasteiger partial charge < -0.3 is 10.1 Å². The number of carbonyl (C=O) groups excluding carboxylic acids is 4. The van der Waals surface area contributed by atoms with Gasteiger partial charge >= 0.3 is 5.97 Å². The van der Waals surface area contributed by atoms with Crippen LogP contribution in [0.4, 0.5) is 11.4 Å². The number of anilines is 1. The number of nitro benzene ring substituents is 1. The van der Waals surface area contributed by atoms with Gasteiger partial charge in [-0.05, 0) is 23.3 Å². The van der Waals surface area contributed by atoms with Crippen LogP contribution in [0.25, 0.3) is 11.1 Å². The number of nitrogens with zero attached hydrogens (tertiary/aromatic N) is 1. The fraction of sp³-hybridized carbons (Fsp3) is 0.0667. The predicted octanol–water partition coefficient (Wildman–Crippen LogP) is 5.18. The number of fused-ring (bicyclic) bond motifs is 1. The summed E-state index contributed by atoms with van der Waals surface area (Å²) in [6.07, 6.45) is -1.34. The molecule has 1 N–H and O–H groups in total. The number of benzene rings is 4. The molecule has 0 unspecified atom stereocenters. The molecule has 9 nitrogen and oxygen atoms in total. The van der Waals surface area contributed by atoms with Crippen LogP contribution in [0.15, 0.2) is 103 Å². The lowest BCUT2D eigenvalue weighted by Gasteiger charge is -2.22. The molecule has 39 heavy (non-hydrogen) atoms. The van der Waals surface area contributed by atoms with Gasteiger partial charge in [-0.1, -0.05) is 78.9 Å². The Kier molecular flexibility index (Phi) is 6.79. The molecule has 0 saturated carbocycles. The maximum atomic E-state index is 14.1. The van der Waals surface area contributed by atoms with Crippen molar-refractivity contribution in [3.8, 4) is 11.1 Å². The maximum Gasteiger partial charge on any atom is 0.339 e. The zero-order chi connectivity index (χ0) is 27.5. The van der Waals surface area contributed by atoms with Gasteiger partial charge in [-0.15, -0.1) is 0 Å². The summed E-state index contributed by atoms with van der Waals surface area (Å²) in [5, 5.41) is 13.5. The van der Waals surface area contributed by atoms with E-state index in [0.29, 0.717) is 11.1 Å². The normalized spacial score (nSPS) is 14.6. The summed E-state index contributed by atoms with van der Waals surface area (Å²) >= 11 is 0. The first-order chi connectivity index (χ1) is 18.8. The van der Waals surface area contributed by atoms with Gasteiger partial charge in [-0.2, -0.15) is 0 Å². The summed E-state index contributed by atoms with van der Waals surface area (Å²) in [6.45, 7) is 0. The molecule has 0 radical (unpaired) electrons. The molecule has 0 saturated heterocycles. The van der Waals surface area contributed by atoms with Gasteiger partial charge in [0.25, 0.3) is 11.6 Å². The van der Waals surface area contributed by atoms with Crippen LogP contribution in [0.5, 0.6) is 0 Å². The first-order valence-corrected chi connectivity index (χ1v) is 11.9. The molecule has 1 aliphatic heterocycles. The highest BCUT2D eigenvalue weighted by atomic mass is 16.6. The molecule has 4 aromatic rings. The van der Waals surface area contributed by atoms with Crippen LogP contribution < -0.4 is 5.32 Å². The lowest BCUT2D eigenvalue weighted by Crippen LogP contribution is -2.38. The molecular weight excluding hydrogens is 500 g/mol. The van der Waals surface area contributed by atoms with Crippen molar-refractivity contribution in [3.63, 3.8) is 0 Å². The molecule has 192 valence electrons. The fourth-order valence-corrected chi connectivity index (χ4v) is 4.58. The first kappa shape index (κ1) is 25.2. The fourth-order valence-electron chi connectivity index (χ4n) is 4.58. The van der Waals surface area contributed by atoms with E-state index in [-0.39, 0.29) is 22.5 Å². The molecule has 1 heterocycles. The highest BCUT2D eigenvalue weighted by Crippen LogP contribution is 2.39. The molecule has 9 heteroatoms. The number of amides is 1. The molecule has 0 bridgehead atoms. The van der Waals surface area contributed by atoms with Crippen LogP contribution in [-0.2, 0) is 14.3 Å². The third kappa shape index (κ3) is 4.93. The number of esters is 1. The van der Waals surface area contributed by atoms with Crippen LogP contribution in [-0.4, -0.2) is 28.4 Å². The lowest BCUT2D eigenvalue weighted by atomic mass is 9.82. The Balaban J connectivity index is 1.56. The van der Waals surface area contributed by atoms with Crippen LogP contribution in [0, 0.1) is 16.0 Å². The van der Waals surface area contributed by atoms with E-state index in [9.17, 15) is 29.3 Å². The van der Waals surface area contributed by atoms with Crippen LogP contribution >= 0.6 is 0 Å². The number of hydrogen-bond acceptors (Lipinski definition) is 7. The first-order valence-electron chi connectivity index (χ1n) is 11.9. The smallest absolute Gasteiger partial charge is 0.339 e. The Morgan fingerprint density at radius 1 is 0.821 bits per heavy atom. The number of ether oxygens (including phenoxy) is 1. The van der Waals surface area contributed by atoms with Gasteiger partial charge in [-0.25, -0.2) is 4.79 Å². The van der Waals surface area contributed by atoms with E-state index in [0.717, 1.165) is 11.6 Å². The molecule has 0 spiro atoms. The summed E-state index contributed by atoms with van der Waals surface area (Å²) in [4.78, 5) is 64.0. The molecule has 0 aromatic heterocycles. The van der Waals surface area contributed by atoms with E-state index < -0.39 is 40.4 Å². The second kappa shape index (κ2) is 10.5. The average molecular weight is 520 g/mol. The van der Waals surface area contributed by atoms with Gasteiger partial charge in [0.15, 0.2) is 5.78 Å². The zero-order valence-corrected chi connectivity index (χ0v) is 20.3. The number of cyclic esters (lactones) is 1.